The van der Waals surface area contributed by atoms with Crippen LogP contribution in [-0.2, 0) is 13.0 Å². The molecule has 1 aromatic rings. The van der Waals surface area contributed by atoms with Crippen molar-refractivity contribution in [2.75, 3.05) is 6.54 Å². The highest BCUT2D eigenvalue weighted by molar-refractivity contribution is 4.95. The van der Waals surface area contributed by atoms with Crippen LogP contribution in [0.25, 0.3) is 0 Å². The van der Waals surface area contributed by atoms with E-state index in [0.29, 0.717) is 6.04 Å². The van der Waals surface area contributed by atoms with Gasteiger partial charge < -0.3 is 5.32 Å². The summed E-state index contributed by atoms with van der Waals surface area (Å²) in [4.78, 5) is 0. The van der Waals surface area contributed by atoms with Gasteiger partial charge >= 0.3 is 0 Å². The van der Waals surface area contributed by atoms with Crippen molar-refractivity contribution in [3.05, 3.63) is 11.9 Å². The molecule has 0 amide bonds. The molecule has 4 heteroatoms. The molecular weight excluding hydrogens is 224 g/mol. The van der Waals surface area contributed by atoms with E-state index < -0.39 is 0 Å². The lowest BCUT2D eigenvalue weighted by molar-refractivity contribution is 0.440. The summed E-state index contributed by atoms with van der Waals surface area (Å²) in [5.74, 6) is 0. The first kappa shape index (κ1) is 15.2. The zero-order valence-corrected chi connectivity index (χ0v) is 12.2. The molecule has 0 saturated carbocycles. The summed E-state index contributed by atoms with van der Waals surface area (Å²) in [6.07, 6.45) is 9.00. The lowest BCUT2D eigenvalue weighted by atomic mass is 10.0. The van der Waals surface area contributed by atoms with Gasteiger partial charge in [0.15, 0.2) is 0 Å². The van der Waals surface area contributed by atoms with Crippen molar-refractivity contribution in [2.24, 2.45) is 0 Å². The molecule has 104 valence electrons. The standard InChI is InChI=1S/C14H28N4/c1-4-7-13(15-10-5-2)8-9-14-12-16-17-18(14)11-6-3/h12-13,15H,4-11H2,1-3H3. The van der Waals surface area contributed by atoms with Gasteiger partial charge in [0.05, 0.1) is 11.9 Å². The normalized spacial score (nSPS) is 12.8. The van der Waals surface area contributed by atoms with E-state index in [0.717, 1.165) is 25.9 Å². The number of hydrogen-bond donors (Lipinski definition) is 1. The number of nitrogens with zero attached hydrogens (tertiary/aromatic N) is 3. The first-order valence-electron chi connectivity index (χ1n) is 7.42. The highest BCUT2D eigenvalue weighted by Gasteiger charge is 2.09. The van der Waals surface area contributed by atoms with Gasteiger partial charge in [-0.2, -0.15) is 0 Å². The lowest BCUT2D eigenvalue weighted by Crippen LogP contribution is -2.30. The van der Waals surface area contributed by atoms with Crippen molar-refractivity contribution in [1.82, 2.24) is 20.3 Å². The summed E-state index contributed by atoms with van der Waals surface area (Å²) in [5, 5.41) is 11.8. The maximum absolute atomic E-state index is 4.14. The van der Waals surface area contributed by atoms with Gasteiger partial charge in [0, 0.05) is 12.6 Å². The summed E-state index contributed by atoms with van der Waals surface area (Å²) in [6.45, 7) is 8.75. The minimum Gasteiger partial charge on any atom is -0.314 e. The molecule has 0 radical (unpaired) electrons. The number of aromatic nitrogens is 3. The molecule has 1 atom stereocenters. The van der Waals surface area contributed by atoms with Gasteiger partial charge in [0.25, 0.3) is 0 Å². The molecular formula is C14H28N4. The van der Waals surface area contributed by atoms with Gasteiger partial charge in [-0.15, -0.1) is 5.10 Å². The van der Waals surface area contributed by atoms with Crippen LogP contribution in [0.5, 0.6) is 0 Å². The van der Waals surface area contributed by atoms with Gasteiger partial charge in [-0.05, 0) is 38.6 Å². The van der Waals surface area contributed by atoms with Crippen LogP contribution in [0.2, 0.25) is 0 Å². The third-order valence-electron chi connectivity index (χ3n) is 3.20. The van der Waals surface area contributed by atoms with E-state index in [4.69, 9.17) is 0 Å². The second kappa shape index (κ2) is 9.09. The quantitative estimate of drug-likeness (QED) is 0.696. The predicted molar refractivity (Wildman–Crippen MR) is 75.6 cm³/mol. The van der Waals surface area contributed by atoms with Crippen molar-refractivity contribution >= 4 is 0 Å². The molecule has 1 heterocycles. The van der Waals surface area contributed by atoms with E-state index >= 15 is 0 Å². The van der Waals surface area contributed by atoms with Crippen molar-refractivity contribution in [3.63, 3.8) is 0 Å². The molecule has 0 bridgehead atoms. The first-order valence-corrected chi connectivity index (χ1v) is 7.42. The highest BCUT2D eigenvalue weighted by atomic mass is 15.4. The first-order chi connectivity index (χ1) is 8.81. The third kappa shape index (κ3) is 5.17. The summed E-state index contributed by atoms with van der Waals surface area (Å²) in [7, 11) is 0. The fraction of sp³-hybridized carbons (Fsp3) is 0.857. The van der Waals surface area contributed by atoms with Crippen LogP contribution < -0.4 is 5.32 Å². The number of rotatable bonds is 10. The van der Waals surface area contributed by atoms with Crippen LogP contribution in [0, 0.1) is 0 Å². The molecule has 0 fully saturated rings. The molecule has 1 N–H and O–H groups in total. The molecule has 0 aliphatic rings. The molecule has 0 aromatic carbocycles. The van der Waals surface area contributed by atoms with Crippen molar-refractivity contribution in [3.8, 4) is 0 Å². The second-order valence-corrected chi connectivity index (χ2v) is 4.93. The third-order valence-corrected chi connectivity index (χ3v) is 3.20. The molecule has 4 nitrogen and oxygen atoms in total. The van der Waals surface area contributed by atoms with Crippen LogP contribution >= 0.6 is 0 Å². The van der Waals surface area contributed by atoms with E-state index in [1.807, 2.05) is 10.9 Å². The molecule has 0 spiro atoms. The Balaban J connectivity index is 2.42. The molecule has 1 rings (SSSR count). The van der Waals surface area contributed by atoms with Gasteiger partial charge in [-0.25, -0.2) is 4.68 Å². The van der Waals surface area contributed by atoms with Crippen molar-refractivity contribution in [2.45, 2.75) is 71.9 Å². The summed E-state index contributed by atoms with van der Waals surface area (Å²) < 4.78 is 2.04. The Morgan fingerprint density at radius 2 is 2.00 bits per heavy atom. The Morgan fingerprint density at radius 3 is 2.67 bits per heavy atom. The average Bonchev–Trinajstić information content (AvgIpc) is 2.81. The largest absolute Gasteiger partial charge is 0.314 e. The zero-order valence-electron chi connectivity index (χ0n) is 12.2. The molecule has 18 heavy (non-hydrogen) atoms. The van der Waals surface area contributed by atoms with E-state index in [9.17, 15) is 0 Å². The van der Waals surface area contributed by atoms with Crippen LogP contribution in [0.3, 0.4) is 0 Å². The van der Waals surface area contributed by atoms with E-state index in [-0.39, 0.29) is 0 Å². The van der Waals surface area contributed by atoms with Crippen molar-refractivity contribution < 1.29 is 0 Å². The Bertz CT molecular complexity index is 308. The van der Waals surface area contributed by atoms with Crippen LogP contribution in [0.1, 0.15) is 58.6 Å². The maximum Gasteiger partial charge on any atom is 0.0725 e. The van der Waals surface area contributed by atoms with E-state index in [1.165, 1.54) is 31.4 Å². The van der Waals surface area contributed by atoms with Gasteiger partial charge in [0.1, 0.15) is 0 Å². The van der Waals surface area contributed by atoms with Crippen LogP contribution in [0.4, 0.5) is 0 Å². The highest BCUT2D eigenvalue weighted by Crippen LogP contribution is 2.08. The SMILES string of the molecule is CCCNC(CCC)CCc1cnnn1CCC. The maximum atomic E-state index is 4.14. The molecule has 1 aromatic heterocycles. The Hall–Kier alpha value is -0.900. The van der Waals surface area contributed by atoms with E-state index in [1.54, 1.807) is 0 Å². The monoisotopic (exact) mass is 252 g/mol. The number of hydrogen-bond acceptors (Lipinski definition) is 3. The molecule has 0 aliphatic carbocycles. The topological polar surface area (TPSA) is 42.7 Å². The minimum atomic E-state index is 0.639. The summed E-state index contributed by atoms with van der Waals surface area (Å²) in [5.41, 5.74) is 1.27. The molecule has 0 aliphatic heterocycles. The number of nitrogens with one attached hydrogen (secondary N) is 1. The minimum absolute atomic E-state index is 0.639. The Morgan fingerprint density at radius 1 is 1.17 bits per heavy atom. The fourth-order valence-electron chi connectivity index (χ4n) is 2.24. The van der Waals surface area contributed by atoms with Gasteiger partial charge in [-0.3, -0.25) is 0 Å². The molecule has 1 unspecified atom stereocenters. The molecule has 0 saturated heterocycles. The zero-order chi connectivity index (χ0) is 13.2. The van der Waals surface area contributed by atoms with Crippen LogP contribution in [0.15, 0.2) is 6.20 Å². The number of aryl methyl sites for hydroxylation is 2. The smallest absolute Gasteiger partial charge is 0.0725 e. The average molecular weight is 252 g/mol. The Kier molecular flexibility index (Phi) is 7.65. The lowest BCUT2D eigenvalue weighted by Gasteiger charge is -2.17. The summed E-state index contributed by atoms with van der Waals surface area (Å²) in [6, 6.07) is 0.639. The fourth-order valence-corrected chi connectivity index (χ4v) is 2.24. The predicted octanol–water partition coefficient (Wildman–Crippen LogP) is 2.79. The Labute approximate surface area is 111 Å². The van der Waals surface area contributed by atoms with Crippen LogP contribution in [-0.4, -0.2) is 27.6 Å². The second-order valence-electron chi connectivity index (χ2n) is 4.93. The van der Waals surface area contributed by atoms with E-state index in [2.05, 4.69) is 36.4 Å². The van der Waals surface area contributed by atoms with Gasteiger partial charge in [0.2, 0.25) is 0 Å². The van der Waals surface area contributed by atoms with Crippen molar-refractivity contribution in [1.29, 1.82) is 0 Å². The van der Waals surface area contributed by atoms with Gasteiger partial charge in [-0.1, -0.05) is 32.4 Å². The summed E-state index contributed by atoms with van der Waals surface area (Å²) >= 11 is 0.